The Morgan fingerprint density at radius 1 is 1.31 bits per heavy atom. The Balaban J connectivity index is 2.72. The number of hydrogen-bond donors (Lipinski definition) is 0. The van der Waals surface area contributed by atoms with Gasteiger partial charge in [0.2, 0.25) is 0 Å². The summed E-state index contributed by atoms with van der Waals surface area (Å²) in [6.07, 6.45) is 1.71. The van der Waals surface area contributed by atoms with E-state index in [0.717, 1.165) is 15.9 Å². The highest BCUT2D eigenvalue weighted by molar-refractivity contribution is 7.12. The molecule has 4 heteroatoms. The third-order valence-corrected chi connectivity index (χ3v) is 2.62. The molecular formula is C9H11N3S. The van der Waals surface area contributed by atoms with E-state index in [4.69, 9.17) is 0 Å². The first kappa shape index (κ1) is 8.56. The predicted octanol–water partition coefficient (Wildman–Crippen LogP) is 2.38. The van der Waals surface area contributed by atoms with E-state index in [0.29, 0.717) is 0 Å². The van der Waals surface area contributed by atoms with E-state index in [2.05, 4.69) is 35.3 Å². The minimum Gasteiger partial charge on any atom is -0.194 e. The van der Waals surface area contributed by atoms with Gasteiger partial charge >= 0.3 is 0 Å². The minimum absolute atomic E-state index is 0.0846. The fourth-order valence-electron chi connectivity index (χ4n) is 1.25. The van der Waals surface area contributed by atoms with Gasteiger partial charge in [0.15, 0.2) is 4.83 Å². The third kappa shape index (κ3) is 1.42. The Morgan fingerprint density at radius 3 is 2.77 bits per heavy atom. The molecule has 3 nitrogen and oxygen atoms in total. The molecule has 0 aliphatic carbocycles. The standard InChI is InChI=1S/C9H11N3S/c1-9(2,3)7-6-4-5-10-11-8(6)13-12-7/h4-5H,1-3H3. The number of nitrogens with zero attached hydrogens (tertiary/aromatic N) is 3. The van der Waals surface area contributed by atoms with Gasteiger partial charge in [-0.1, -0.05) is 20.8 Å². The molecule has 0 atom stereocenters. The van der Waals surface area contributed by atoms with Crippen LogP contribution >= 0.6 is 11.5 Å². The molecule has 0 unspecified atom stereocenters. The quantitative estimate of drug-likeness (QED) is 0.644. The van der Waals surface area contributed by atoms with E-state index in [1.54, 1.807) is 6.20 Å². The topological polar surface area (TPSA) is 38.7 Å². The van der Waals surface area contributed by atoms with E-state index in [1.165, 1.54) is 11.5 Å². The van der Waals surface area contributed by atoms with Crippen LogP contribution in [0.1, 0.15) is 26.5 Å². The summed E-state index contributed by atoms with van der Waals surface area (Å²) in [6, 6.07) is 1.98. The van der Waals surface area contributed by atoms with E-state index in [9.17, 15) is 0 Å². The second-order valence-electron chi connectivity index (χ2n) is 4.03. The van der Waals surface area contributed by atoms with Crippen molar-refractivity contribution in [2.24, 2.45) is 0 Å². The van der Waals surface area contributed by atoms with Gasteiger partial charge in [0.05, 0.1) is 11.9 Å². The molecule has 0 aliphatic rings. The molecule has 13 heavy (non-hydrogen) atoms. The minimum atomic E-state index is 0.0846. The number of aromatic nitrogens is 3. The van der Waals surface area contributed by atoms with Crippen molar-refractivity contribution < 1.29 is 0 Å². The summed E-state index contributed by atoms with van der Waals surface area (Å²) in [5.74, 6) is 0. The molecule has 0 radical (unpaired) electrons. The number of rotatable bonds is 0. The zero-order chi connectivity index (χ0) is 9.47. The van der Waals surface area contributed by atoms with Crippen molar-refractivity contribution in [2.75, 3.05) is 0 Å². The molecular weight excluding hydrogens is 182 g/mol. The number of hydrogen-bond acceptors (Lipinski definition) is 4. The van der Waals surface area contributed by atoms with Gasteiger partial charge in [-0.25, -0.2) is 0 Å². The van der Waals surface area contributed by atoms with Crippen molar-refractivity contribution in [1.29, 1.82) is 0 Å². The van der Waals surface area contributed by atoms with Crippen LogP contribution in [0.15, 0.2) is 12.3 Å². The first-order valence-electron chi connectivity index (χ1n) is 4.16. The lowest BCUT2D eigenvalue weighted by Gasteiger charge is -2.14. The molecule has 0 saturated carbocycles. The summed E-state index contributed by atoms with van der Waals surface area (Å²) in [7, 11) is 0. The fraction of sp³-hybridized carbons (Fsp3) is 0.444. The molecule has 68 valence electrons. The zero-order valence-electron chi connectivity index (χ0n) is 7.90. The van der Waals surface area contributed by atoms with Crippen LogP contribution in [0.25, 0.3) is 10.2 Å². The smallest absolute Gasteiger partial charge is 0.166 e. The van der Waals surface area contributed by atoms with Crippen molar-refractivity contribution >= 4 is 21.7 Å². The molecule has 2 heterocycles. The van der Waals surface area contributed by atoms with Gasteiger partial charge in [-0.15, -0.1) is 5.10 Å². The zero-order valence-corrected chi connectivity index (χ0v) is 8.72. The molecule has 2 rings (SSSR count). The fourth-order valence-corrected chi connectivity index (χ4v) is 2.14. The average Bonchev–Trinajstić information content (AvgIpc) is 2.45. The Bertz CT molecular complexity index is 428. The summed E-state index contributed by atoms with van der Waals surface area (Å²) in [4.78, 5) is 0.924. The van der Waals surface area contributed by atoms with E-state index in [1.807, 2.05) is 6.07 Å². The van der Waals surface area contributed by atoms with Crippen LogP contribution in [-0.4, -0.2) is 14.6 Å². The van der Waals surface area contributed by atoms with Gasteiger partial charge in [-0.05, 0) is 17.6 Å². The summed E-state index contributed by atoms with van der Waals surface area (Å²) in [6.45, 7) is 6.46. The molecule has 0 aliphatic heterocycles. The SMILES string of the molecule is CC(C)(C)c1nsc2nnccc12. The molecule has 0 bridgehead atoms. The summed E-state index contributed by atoms with van der Waals surface area (Å²) in [5, 5.41) is 8.98. The van der Waals surface area contributed by atoms with Crippen LogP contribution in [0.3, 0.4) is 0 Å². The average molecular weight is 193 g/mol. The van der Waals surface area contributed by atoms with Crippen molar-refractivity contribution in [2.45, 2.75) is 26.2 Å². The second-order valence-corrected chi connectivity index (χ2v) is 4.78. The van der Waals surface area contributed by atoms with Gasteiger partial charge in [0.25, 0.3) is 0 Å². The Labute approximate surface area is 81.0 Å². The molecule has 0 spiro atoms. The van der Waals surface area contributed by atoms with Crippen LogP contribution in [0, 0.1) is 0 Å². The lowest BCUT2D eigenvalue weighted by molar-refractivity contribution is 0.581. The third-order valence-electron chi connectivity index (χ3n) is 1.88. The molecule has 2 aromatic heterocycles. The van der Waals surface area contributed by atoms with Crippen molar-refractivity contribution in [1.82, 2.24) is 14.6 Å². The van der Waals surface area contributed by atoms with Crippen LogP contribution in [0.5, 0.6) is 0 Å². The predicted molar refractivity (Wildman–Crippen MR) is 53.9 cm³/mol. The summed E-state index contributed by atoms with van der Waals surface area (Å²) >= 11 is 1.42. The van der Waals surface area contributed by atoms with Crippen LogP contribution in [-0.2, 0) is 5.41 Å². The number of fused-ring (bicyclic) bond motifs is 1. The molecule has 0 aromatic carbocycles. The van der Waals surface area contributed by atoms with Crippen molar-refractivity contribution in [3.05, 3.63) is 18.0 Å². The summed E-state index contributed by atoms with van der Waals surface area (Å²) < 4.78 is 4.41. The van der Waals surface area contributed by atoms with Gasteiger partial charge in [-0.2, -0.15) is 9.47 Å². The highest BCUT2D eigenvalue weighted by Gasteiger charge is 2.20. The highest BCUT2D eigenvalue weighted by Crippen LogP contribution is 2.29. The Kier molecular flexibility index (Phi) is 1.80. The summed E-state index contributed by atoms with van der Waals surface area (Å²) in [5.41, 5.74) is 1.20. The maximum atomic E-state index is 4.41. The van der Waals surface area contributed by atoms with Gasteiger partial charge in [0, 0.05) is 10.8 Å². The van der Waals surface area contributed by atoms with Crippen LogP contribution in [0.2, 0.25) is 0 Å². The first-order valence-corrected chi connectivity index (χ1v) is 4.94. The normalized spacial score (nSPS) is 12.2. The molecule has 2 aromatic rings. The largest absolute Gasteiger partial charge is 0.194 e. The molecule has 0 amide bonds. The van der Waals surface area contributed by atoms with E-state index in [-0.39, 0.29) is 5.41 Å². The van der Waals surface area contributed by atoms with Gasteiger partial charge < -0.3 is 0 Å². The molecule has 0 N–H and O–H groups in total. The van der Waals surface area contributed by atoms with Crippen molar-refractivity contribution in [3.8, 4) is 0 Å². The van der Waals surface area contributed by atoms with Crippen LogP contribution in [0.4, 0.5) is 0 Å². The molecule has 0 saturated heterocycles. The Morgan fingerprint density at radius 2 is 2.08 bits per heavy atom. The second kappa shape index (κ2) is 2.73. The van der Waals surface area contributed by atoms with E-state index >= 15 is 0 Å². The Hall–Kier alpha value is -1.03. The lowest BCUT2D eigenvalue weighted by atomic mass is 9.90. The maximum Gasteiger partial charge on any atom is 0.166 e. The van der Waals surface area contributed by atoms with Gasteiger partial charge in [0.1, 0.15) is 0 Å². The monoisotopic (exact) mass is 193 g/mol. The van der Waals surface area contributed by atoms with Gasteiger partial charge in [-0.3, -0.25) is 0 Å². The first-order chi connectivity index (χ1) is 6.09. The van der Waals surface area contributed by atoms with Crippen molar-refractivity contribution in [3.63, 3.8) is 0 Å². The lowest BCUT2D eigenvalue weighted by Crippen LogP contribution is -2.11. The van der Waals surface area contributed by atoms with Crippen LogP contribution < -0.4 is 0 Å². The molecule has 0 fully saturated rings. The maximum absolute atomic E-state index is 4.41. The highest BCUT2D eigenvalue weighted by atomic mass is 32.1. The van der Waals surface area contributed by atoms with E-state index < -0.39 is 0 Å².